The van der Waals surface area contributed by atoms with Crippen LogP contribution >= 0.6 is 0 Å². The molecule has 0 bridgehead atoms. The number of para-hydroxylation sites is 1. The highest BCUT2D eigenvalue weighted by molar-refractivity contribution is 5.94. The third kappa shape index (κ3) is 3.53. The number of benzene rings is 1. The number of amides is 1. The average molecular weight is 362 g/mol. The number of anilines is 1. The van der Waals surface area contributed by atoms with Gasteiger partial charge in [-0.3, -0.25) is 4.79 Å². The van der Waals surface area contributed by atoms with Crippen molar-refractivity contribution < 1.29 is 4.79 Å². The van der Waals surface area contributed by atoms with E-state index < -0.39 is 5.91 Å². The van der Waals surface area contributed by atoms with E-state index in [1.165, 1.54) is 0 Å². The molecule has 138 valence electrons. The SMILES string of the molecule is Cc1cc(N2CCC[C@@H](c3nn(-c4ccccc4)cc3C(N)=O)C2)ncn1. The first-order valence-corrected chi connectivity index (χ1v) is 9.10. The summed E-state index contributed by atoms with van der Waals surface area (Å²) >= 11 is 0. The minimum Gasteiger partial charge on any atom is -0.365 e. The van der Waals surface area contributed by atoms with Gasteiger partial charge in [0, 0.05) is 37.0 Å². The molecular weight excluding hydrogens is 340 g/mol. The molecule has 3 heterocycles. The van der Waals surface area contributed by atoms with E-state index in [-0.39, 0.29) is 5.92 Å². The van der Waals surface area contributed by atoms with Crippen LogP contribution < -0.4 is 10.6 Å². The summed E-state index contributed by atoms with van der Waals surface area (Å²) in [5, 5.41) is 4.73. The van der Waals surface area contributed by atoms with Crippen LogP contribution in [0.15, 0.2) is 48.9 Å². The molecule has 3 aromatic rings. The zero-order valence-corrected chi connectivity index (χ0v) is 15.2. The number of nitrogens with zero attached hydrogens (tertiary/aromatic N) is 5. The van der Waals surface area contributed by atoms with E-state index in [0.29, 0.717) is 5.56 Å². The predicted molar refractivity (Wildman–Crippen MR) is 103 cm³/mol. The van der Waals surface area contributed by atoms with Crippen LogP contribution in [0.2, 0.25) is 0 Å². The van der Waals surface area contributed by atoms with Crippen LogP contribution in [-0.4, -0.2) is 38.7 Å². The summed E-state index contributed by atoms with van der Waals surface area (Å²) < 4.78 is 1.74. The minimum atomic E-state index is -0.442. The van der Waals surface area contributed by atoms with Gasteiger partial charge in [0.15, 0.2) is 0 Å². The van der Waals surface area contributed by atoms with Crippen molar-refractivity contribution in [2.45, 2.75) is 25.7 Å². The molecule has 1 atom stereocenters. The van der Waals surface area contributed by atoms with Crippen molar-refractivity contribution in [3.8, 4) is 5.69 Å². The van der Waals surface area contributed by atoms with Gasteiger partial charge in [0.05, 0.1) is 16.9 Å². The van der Waals surface area contributed by atoms with E-state index in [1.54, 1.807) is 17.2 Å². The molecule has 0 unspecified atom stereocenters. The lowest BCUT2D eigenvalue weighted by Crippen LogP contribution is -2.35. The van der Waals surface area contributed by atoms with Crippen molar-refractivity contribution in [2.24, 2.45) is 5.73 Å². The Kier molecular flexibility index (Phi) is 4.58. The first kappa shape index (κ1) is 17.2. The van der Waals surface area contributed by atoms with Crippen molar-refractivity contribution >= 4 is 11.7 Å². The number of hydrogen-bond acceptors (Lipinski definition) is 5. The first-order valence-electron chi connectivity index (χ1n) is 9.10. The quantitative estimate of drug-likeness (QED) is 0.770. The van der Waals surface area contributed by atoms with Crippen LogP contribution in [0, 0.1) is 6.92 Å². The molecule has 1 fully saturated rings. The lowest BCUT2D eigenvalue weighted by Gasteiger charge is -2.33. The highest BCUT2D eigenvalue weighted by atomic mass is 16.1. The third-order valence-corrected chi connectivity index (χ3v) is 4.95. The Balaban J connectivity index is 1.65. The monoisotopic (exact) mass is 362 g/mol. The minimum absolute atomic E-state index is 0.126. The van der Waals surface area contributed by atoms with E-state index in [2.05, 4.69) is 14.9 Å². The van der Waals surface area contributed by atoms with Gasteiger partial charge in [0.1, 0.15) is 12.1 Å². The van der Waals surface area contributed by atoms with Gasteiger partial charge in [0.25, 0.3) is 5.91 Å². The van der Waals surface area contributed by atoms with Crippen molar-refractivity contribution in [3.63, 3.8) is 0 Å². The molecule has 1 aliphatic heterocycles. The van der Waals surface area contributed by atoms with Crippen molar-refractivity contribution in [3.05, 3.63) is 65.9 Å². The zero-order valence-electron chi connectivity index (χ0n) is 15.2. The summed E-state index contributed by atoms with van der Waals surface area (Å²) in [6, 6.07) is 11.7. The third-order valence-electron chi connectivity index (χ3n) is 4.95. The molecule has 2 aromatic heterocycles. The lowest BCUT2D eigenvalue weighted by atomic mass is 9.92. The van der Waals surface area contributed by atoms with Gasteiger partial charge in [-0.15, -0.1) is 0 Å². The smallest absolute Gasteiger partial charge is 0.252 e. The number of carbonyl (C=O) groups is 1. The Hall–Kier alpha value is -3.22. The van der Waals surface area contributed by atoms with Crippen LogP contribution in [0.4, 0.5) is 5.82 Å². The summed E-state index contributed by atoms with van der Waals surface area (Å²) in [4.78, 5) is 22.8. The summed E-state index contributed by atoms with van der Waals surface area (Å²) in [6.45, 7) is 3.64. The van der Waals surface area contributed by atoms with Gasteiger partial charge in [-0.1, -0.05) is 18.2 Å². The fourth-order valence-electron chi connectivity index (χ4n) is 3.61. The molecule has 0 spiro atoms. The van der Waals surface area contributed by atoms with Gasteiger partial charge in [0.2, 0.25) is 0 Å². The maximum atomic E-state index is 12.0. The second-order valence-electron chi connectivity index (χ2n) is 6.88. The van der Waals surface area contributed by atoms with Crippen molar-refractivity contribution in [1.29, 1.82) is 0 Å². The molecule has 0 radical (unpaired) electrons. The Morgan fingerprint density at radius 3 is 2.78 bits per heavy atom. The van der Waals surface area contributed by atoms with E-state index in [1.807, 2.05) is 43.3 Å². The molecule has 2 N–H and O–H groups in total. The molecule has 1 aliphatic rings. The topological polar surface area (TPSA) is 89.9 Å². The van der Waals surface area contributed by atoms with Gasteiger partial charge < -0.3 is 10.6 Å². The number of aryl methyl sites for hydroxylation is 1. The fraction of sp³-hybridized carbons (Fsp3) is 0.300. The first-order chi connectivity index (χ1) is 13.1. The molecular formula is C20H22N6O. The normalized spacial score (nSPS) is 17.1. The highest BCUT2D eigenvalue weighted by Crippen LogP contribution is 2.31. The van der Waals surface area contributed by atoms with Crippen LogP contribution in [-0.2, 0) is 0 Å². The Morgan fingerprint density at radius 1 is 1.22 bits per heavy atom. The molecule has 7 heteroatoms. The maximum Gasteiger partial charge on any atom is 0.252 e. The van der Waals surface area contributed by atoms with Crippen LogP contribution in [0.1, 0.15) is 40.5 Å². The number of primary amides is 1. The number of hydrogen-bond donors (Lipinski definition) is 1. The predicted octanol–water partition coefficient (Wildman–Crippen LogP) is 2.45. The van der Waals surface area contributed by atoms with E-state index >= 15 is 0 Å². The average Bonchev–Trinajstić information content (AvgIpc) is 3.15. The molecule has 7 nitrogen and oxygen atoms in total. The molecule has 0 aliphatic carbocycles. The number of aromatic nitrogens is 4. The second kappa shape index (κ2) is 7.19. The van der Waals surface area contributed by atoms with Gasteiger partial charge in [-0.2, -0.15) is 5.10 Å². The standard InChI is InChI=1S/C20H22N6O/c1-14-10-18(23-13-22-14)25-9-5-6-15(11-25)19-17(20(21)27)12-26(24-19)16-7-3-2-4-8-16/h2-4,7-8,10,12-13,15H,5-6,9,11H2,1H3,(H2,21,27)/t15-/m1/s1. The molecule has 27 heavy (non-hydrogen) atoms. The van der Waals surface area contributed by atoms with E-state index in [0.717, 1.165) is 48.8 Å². The number of nitrogens with two attached hydrogens (primary N) is 1. The van der Waals surface area contributed by atoms with Crippen LogP contribution in [0.25, 0.3) is 5.69 Å². The molecule has 0 saturated carbocycles. The molecule has 1 amide bonds. The largest absolute Gasteiger partial charge is 0.365 e. The Bertz CT molecular complexity index is 952. The van der Waals surface area contributed by atoms with Gasteiger partial charge in [-0.25, -0.2) is 14.6 Å². The van der Waals surface area contributed by atoms with E-state index in [4.69, 9.17) is 10.8 Å². The lowest BCUT2D eigenvalue weighted by molar-refractivity contribution is 0.0999. The number of piperidine rings is 1. The Labute approximate surface area is 157 Å². The molecule has 1 aromatic carbocycles. The molecule has 4 rings (SSSR count). The van der Waals surface area contributed by atoms with Crippen LogP contribution in [0.5, 0.6) is 0 Å². The van der Waals surface area contributed by atoms with Gasteiger partial charge >= 0.3 is 0 Å². The Morgan fingerprint density at radius 2 is 2.04 bits per heavy atom. The number of carbonyl (C=O) groups excluding carboxylic acids is 1. The molecule has 1 saturated heterocycles. The number of rotatable bonds is 4. The fourth-order valence-corrected chi connectivity index (χ4v) is 3.61. The second-order valence-corrected chi connectivity index (χ2v) is 6.88. The maximum absolute atomic E-state index is 12.0. The zero-order chi connectivity index (χ0) is 18.8. The van der Waals surface area contributed by atoms with Gasteiger partial charge in [-0.05, 0) is 31.9 Å². The highest BCUT2D eigenvalue weighted by Gasteiger charge is 2.28. The summed E-state index contributed by atoms with van der Waals surface area (Å²) in [7, 11) is 0. The summed E-state index contributed by atoms with van der Waals surface area (Å²) in [5.41, 5.74) is 8.75. The summed E-state index contributed by atoms with van der Waals surface area (Å²) in [6.07, 6.45) is 5.30. The van der Waals surface area contributed by atoms with Crippen molar-refractivity contribution in [2.75, 3.05) is 18.0 Å². The van der Waals surface area contributed by atoms with E-state index in [9.17, 15) is 4.79 Å². The van der Waals surface area contributed by atoms with Crippen LogP contribution in [0.3, 0.4) is 0 Å². The van der Waals surface area contributed by atoms with Crippen molar-refractivity contribution in [1.82, 2.24) is 19.7 Å². The summed E-state index contributed by atoms with van der Waals surface area (Å²) in [5.74, 6) is 0.596.